The molecule has 88 valence electrons. The van der Waals surface area contributed by atoms with E-state index < -0.39 is 0 Å². The molecule has 0 aliphatic carbocycles. The molecule has 0 unspecified atom stereocenters. The Morgan fingerprint density at radius 3 is 2.00 bits per heavy atom. The first-order chi connectivity index (χ1) is 8.11. The van der Waals surface area contributed by atoms with Gasteiger partial charge in [0.05, 0.1) is 7.11 Å². The van der Waals surface area contributed by atoms with Crippen molar-refractivity contribution in [1.29, 1.82) is 0 Å². The van der Waals surface area contributed by atoms with Crippen LogP contribution in [0, 0.1) is 13.8 Å². The average Bonchev–Trinajstić information content (AvgIpc) is 2.32. The van der Waals surface area contributed by atoms with Crippen LogP contribution in [0.15, 0.2) is 36.4 Å². The Morgan fingerprint density at radius 2 is 1.47 bits per heavy atom. The molecule has 0 saturated carbocycles. The van der Waals surface area contributed by atoms with E-state index in [4.69, 9.17) is 10.5 Å². The summed E-state index contributed by atoms with van der Waals surface area (Å²) >= 11 is 0. The van der Waals surface area contributed by atoms with Crippen LogP contribution < -0.4 is 10.5 Å². The first-order valence-corrected chi connectivity index (χ1v) is 5.63. The number of hydrogen-bond acceptors (Lipinski definition) is 2. The van der Waals surface area contributed by atoms with Crippen LogP contribution in [-0.4, -0.2) is 7.11 Å². The maximum atomic E-state index is 5.82. The fourth-order valence-electron chi connectivity index (χ4n) is 1.91. The molecule has 0 saturated heterocycles. The lowest BCUT2D eigenvalue weighted by molar-refractivity contribution is 0.412. The fraction of sp³-hybridized carbons (Fsp3) is 0.200. The van der Waals surface area contributed by atoms with Crippen molar-refractivity contribution in [3.8, 4) is 16.9 Å². The highest BCUT2D eigenvalue weighted by Crippen LogP contribution is 2.27. The molecule has 17 heavy (non-hydrogen) atoms. The van der Waals surface area contributed by atoms with E-state index in [1.807, 2.05) is 32.0 Å². The summed E-state index contributed by atoms with van der Waals surface area (Å²) in [5.41, 5.74) is 11.3. The molecular formula is C15H17NO. The first-order valence-electron chi connectivity index (χ1n) is 5.63. The third-order valence-corrected chi connectivity index (χ3v) is 3.00. The molecule has 2 rings (SSSR count). The third kappa shape index (κ3) is 2.26. The minimum Gasteiger partial charge on any atom is -0.496 e. The summed E-state index contributed by atoms with van der Waals surface area (Å²) in [5, 5.41) is 0. The zero-order chi connectivity index (χ0) is 12.4. The van der Waals surface area contributed by atoms with E-state index in [9.17, 15) is 0 Å². The van der Waals surface area contributed by atoms with Gasteiger partial charge in [-0.2, -0.15) is 0 Å². The molecule has 0 aromatic heterocycles. The van der Waals surface area contributed by atoms with Crippen LogP contribution in [-0.2, 0) is 0 Å². The Hall–Kier alpha value is -1.96. The molecule has 2 heteroatoms. The lowest BCUT2D eigenvalue weighted by Gasteiger charge is -2.09. The number of aryl methyl sites for hydroxylation is 2. The lowest BCUT2D eigenvalue weighted by atomic mass is 10.0. The highest BCUT2D eigenvalue weighted by atomic mass is 16.5. The van der Waals surface area contributed by atoms with E-state index >= 15 is 0 Å². The van der Waals surface area contributed by atoms with Crippen molar-refractivity contribution in [1.82, 2.24) is 0 Å². The van der Waals surface area contributed by atoms with Gasteiger partial charge in [-0.1, -0.05) is 12.1 Å². The van der Waals surface area contributed by atoms with Crippen LogP contribution in [0.5, 0.6) is 5.75 Å². The van der Waals surface area contributed by atoms with Crippen molar-refractivity contribution < 1.29 is 4.74 Å². The lowest BCUT2D eigenvalue weighted by Crippen LogP contribution is -1.91. The van der Waals surface area contributed by atoms with Gasteiger partial charge >= 0.3 is 0 Å². The first kappa shape index (κ1) is 11.5. The summed E-state index contributed by atoms with van der Waals surface area (Å²) in [6.45, 7) is 4.07. The van der Waals surface area contributed by atoms with Crippen molar-refractivity contribution in [2.24, 2.45) is 0 Å². The minimum atomic E-state index is 0.832. The van der Waals surface area contributed by atoms with Crippen molar-refractivity contribution in [3.63, 3.8) is 0 Å². The van der Waals surface area contributed by atoms with Gasteiger partial charge in [0.2, 0.25) is 0 Å². The molecule has 0 radical (unpaired) electrons. The van der Waals surface area contributed by atoms with Crippen molar-refractivity contribution >= 4 is 5.69 Å². The quantitative estimate of drug-likeness (QED) is 0.796. The smallest absolute Gasteiger partial charge is 0.121 e. The predicted molar refractivity (Wildman–Crippen MR) is 72.3 cm³/mol. The Morgan fingerprint density at radius 1 is 0.882 bits per heavy atom. The van der Waals surface area contributed by atoms with Crippen LogP contribution in [0.2, 0.25) is 0 Å². The van der Waals surface area contributed by atoms with Gasteiger partial charge < -0.3 is 10.5 Å². The van der Waals surface area contributed by atoms with E-state index in [0.29, 0.717) is 0 Å². The molecule has 0 heterocycles. The van der Waals surface area contributed by atoms with Gasteiger partial charge in [0, 0.05) is 5.69 Å². The van der Waals surface area contributed by atoms with Crippen molar-refractivity contribution in [2.75, 3.05) is 12.8 Å². The maximum absolute atomic E-state index is 5.82. The molecule has 0 bridgehead atoms. The highest BCUT2D eigenvalue weighted by Gasteiger charge is 2.03. The molecule has 2 N–H and O–H groups in total. The molecule has 2 aromatic rings. The molecule has 2 nitrogen and oxygen atoms in total. The molecule has 2 aromatic carbocycles. The standard InChI is InChI=1S/C15H17NO/c1-10-8-12(4-6-14(10)16)13-5-7-15(17-3)11(2)9-13/h4-9H,16H2,1-3H3. The van der Waals surface area contributed by atoms with Crippen molar-refractivity contribution in [2.45, 2.75) is 13.8 Å². The van der Waals surface area contributed by atoms with E-state index in [1.165, 1.54) is 11.1 Å². The second kappa shape index (κ2) is 4.50. The summed E-state index contributed by atoms with van der Waals surface area (Å²) in [6.07, 6.45) is 0. The summed E-state index contributed by atoms with van der Waals surface area (Å²) in [4.78, 5) is 0. The van der Waals surface area contributed by atoms with Crippen LogP contribution in [0.25, 0.3) is 11.1 Å². The van der Waals surface area contributed by atoms with Crippen LogP contribution in [0.3, 0.4) is 0 Å². The summed E-state index contributed by atoms with van der Waals surface area (Å²) < 4.78 is 5.26. The zero-order valence-corrected chi connectivity index (χ0v) is 10.4. The number of benzene rings is 2. The Balaban J connectivity index is 2.46. The molecular weight excluding hydrogens is 210 g/mol. The summed E-state index contributed by atoms with van der Waals surface area (Å²) in [5.74, 6) is 0.918. The van der Waals surface area contributed by atoms with Crippen LogP contribution in [0.1, 0.15) is 11.1 Å². The van der Waals surface area contributed by atoms with E-state index in [2.05, 4.69) is 18.2 Å². The number of anilines is 1. The number of nitrogen functional groups attached to an aromatic ring is 1. The molecule has 0 atom stereocenters. The largest absolute Gasteiger partial charge is 0.496 e. The predicted octanol–water partition coefficient (Wildman–Crippen LogP) is 3.56. The van der Waals surface area contributed by atoms with E-state index in [0.717, 1.165) is 22.6 Å². The molecule has 0 amide bonds. The van der Waals surface area contributed by atoms with E-state index in [-0.39, 0.29) is 0 Å². The highest BCUT2D eigenvalue weighted by molar-refractivity contribution is 5.69. The van der Waals surface area contributed by atoms with Crippen molar-refractivity contribution in [3.05, 3.63) is 47.5 Å². The Kier molecular flexibility index (Phi) is 3.05. The van der Waals surface area contributed by atoms with Gasteiger partial charge in [0.15, 0.2) is 0 Å². The van der Waals surface area contributed by atoms with Gasteiger partial charge in [-0.25, -0.2) is 0 Å². The molecule has 0 spiro atoms. The normalized spacial score (nSPS) is 10.3. The SMILES string of the molecule is COc1ccc(-c2ccc(N)c(C)c2)cc1C. The molecule has 0 aliphatic rings. The molecule has 0 aliphatic heterocycles. The van der Waals surface area contributed by atoms with Crippen LogP contribution in [0.4, 0.5) is 5.69 Å². The second-order valence-corrected chi connectivity index (χ2v) is 4.26. The monoisotopic (exact) mass is 227 g/mol. The van der Waals surface area contributed by atoms with Gasteiger partial charge in [-0.05, 0) is 60.4 Å². The zero-order valence-electron chi connectivity index (χ0n) is 10.4. The van der Waals surface area contributed by atoms with Crippen LogP contribution >= 0.6 is 0 Å². The fourth-order valence-corrected chi connectivity index (χ4v) is 1.91. The van der Waals surface area contributed by atoms with Gasteiger partial charge in [-0.3, -0.25) is 0 Å². The Labute approximate surface area is 102 Å². The number of rotatable bonds is 2. The number of methoxy groups -OCH3 is 1. The molecule has 0 fully saturated rings. The number of nitrogens with two attached hydrogens (primary N) is 1. The number of ether oxygens (including phenoxy) is 1. The second-order valence-electron chi connectivity index (χ2n) is 4.26. The topological polar surface area (TPSA) is 35.2 Å². The summed E-state index contributed by atoms with van der Waals surface area (Å²) in [6, 6.07) is 12.3. The Bertz CT molecular complexity index is 547. The van der Waals surface area contributed by atoms with Gasteiger partial charge in [-0.15, -0.1) is 0 Å². The third-order valence-electron chi connectivity index (χ3n) is 3.00. The maximum Gasteiger partial charge on any atom is 0.121 e. The number of hydrogen-bond donors (Lipinski definition) is 1. The van der Waals surface area contributed by atoms with Gasteiger partial charge in [0.25, 0.3) is 0 Å². The summed E-state index contributed by atoms with van der Waals surface area (Å²) in [7, 11) is 1.69. The van der Waals surface area contributed by atoms with Gasteiger partial charge in [0.1, 0.15) is 5.75 Å². The average molecular weight is 227 g/mol. The minimum absolute atomic E-state index is 0.832. The van der Waals surface area contributed by atoms with E-state index in [1.54, 1.807) is 7.11 Å².